The molecule has 1 saturated heterocycles. The summed E-state index contributed by atoms with van der Waals surface area (Å²) in [6.45, 7) is 7.26. The molecule has 4 rings (SSSR count). The second-order valence-corrected chi connectivity index (χ2v) is 9.54. The topological polar surface area (TPSA) is 35.9 Å². The Bertz CT molecular complexity index is 909. The molecule has 5 heteroatoms. The predicted molar refractivity (Wildman–Crippen MR) is 127 cm³/mol. The third-order valence-corrected chi connectivity index (χ3v) is 6.92. The summed E-state index contributed by atoms with van der Waals surface area (Å²) in [6, 6.07) is 16.3. The summed E-state index contributed by atoms with van der Waals surface area (Å²) in [6.07, 6.45) is 4.92. The first-order valence-corrected chi connectivity index (χ1v) is 12.1. The Morgan fingerprint density at radius 2 is 1.93 bits per heavy atom. The van der Waals surface area contributed by atoms with Crippen LogP contribution in [0, 0.1) is 5.92 Å². The SMILES string of the molecule is CCCCSc1ccc(N=C2C(=O)N(CN3CCC[C@@H](C)C3)c3ccccc32)cc1. The molecule has 0 unspecified atom stereocenters. The van der Waals surface area contributed by atoms with Gasteiger partial charge < -0.3 is 0 Å². The van der Waals surface area contributed by atoms with E-state index in [1.165, 1.54) is 30.6 Å². The van der Waals surface area contributed by atoms with Crippen LogP contribution in [0.3, 0.4) is 0 Å². The predicted octanol–water partition coefficient (Wildman–Crippen LogP) is 5.74. The van der Waals surface area contributed by atoms with Gasteiger partial charge in [-0.05, 0) is 67.8 Å². The van der Waals surface area contributed by atoms with E-state index >= 15 is 0 Å². The number of likely N-dealkylation sites (tertiary alicyclic amines) is 1. The number of fused-ring (bicyclic) bond motifs is 1. The van der Waals surface area contributed by atoms with Crippen molar-refractivity contribution in [1.82, 2.24) is 4.90 Å². The fourth-order valence-electron chi connectivity index (χ4n) is 4.21. The Morgan fingerprint density at radius 1 is 1.13 bits per heavy atom. The van der Waals surface area contributed by atoms with E-state index in [0.717, 1.165) is 35.8 Å². The van der Waals surface area contributed by atoms with Gasteiger partial charge in [-0.25, -0.2) is 4.99 Å². The van der Waals surface area contributed by atoms with Gasteiger partial charge in [-0.15, -0.1) is 11.8 Å². The van der Waals surface area contributed by atoms with Crippen molar-refractivity contribution in [1.29, 1.82) is 0 Å². The molecule has 0 spiro atoms. The molecule has 1 atom stereocenters. The summed E-state index contributed by atoms with van der Waals surface area (Å²) in [5.74, 6) is 1.84. The molecule has 2 heterocycles. The molecule has 4 nitrogen and oxygen atoms in total. The molecular formula is C25H31N3OS. The molecule has 1 fully saturated rings. The average molecular weight is 422 g/mol. The van der Waals surface area contributed by atoms with E-state index < -0.39 is 0 Å². The van der Waals surface area contributed by atoms with Crippen molar-refractivity contribution in [3.05, 3.63) is 54.1 Å². The van der Waals surface area contributed by atoms with Gasteiger partial charge in [-0.2, -0.15) is 0 Å². The lowest BCUT2D eigenvalue weighted by atomic mass is 10.0. The summed E-state index contributed by atoms with van der Waals surface area (Å²) in [7, 11) is 0. The second-order valence-electron chi connectivity index (χ2n) is 8.37. The van der Waals surface area contributed by atoms with Crippen molar-refractivity contribution in [3.8, 4) is 0 Å². The monoisotopic (exact) mass is 421 g/mol. The van der Waals surface area contributed by atoms with E-state index in [4.69, 9.17) is 4.99 Å². The van der Waals surface area contributed by atoms with Crippen molar-refractivity contribution in [2.45, 2.75) is 44.4 Å². The molecule has 0 aliphatic carbocycles. The molecule has 2 aromatic rings. The zero-order valence-corrected chi connectivity index (χ0v) is 18.8. The van der Waals surface area contributed by atoms with Crippen LogP contribution >= 0.6 is 11.8 Å². The number of rotatable bonds is 7. The quantitative estimate of drug-likeness (QED) is 0.423. The lowest BCUT2D eigenvalue weighted by Gasteiger charge is -2.33. The Labute approximate surface area is 184 Å². The number of anilines is 1. The van der Waals surface area contributed by atoms with Crippen molar-refractivity contribution in [2.24, 2.45) is 10.9 Å². The van der Waals surface area contributed by atoms with Crippen LogP contribution in [0.4, 0.5) is 11.4 Å². The van der Waals surface area contributed by atoms with Crippen LogP contribution in [-0.4, -0.2) is 42.0 Å². The van der Waals surface area contributed by atoms with Gasteiger partial charge in [0.25, 0.3) is 5.91 Å². The Hall–Kier alpha value is -2.11. The number of benzene rings is 2. The van der Waals surface area contributed by atoms with Crippen LogP contribution in [0.15, 0.2) is 58.4 Å². The van der Waals surface area contributed by atoms with Crippen molar-refractivity contribution < 1.29 is 4.79 Å². The van der Waals surface area contributed by atoms with Crippen LogP contribution in [0.5, 0.6) is 0 Å². The molecule has 158 valence electrons. The maximum absolute atomic E-state index is 13.3. The molecule has 1 amide bonds. The maximum atomic E-state index is 13.3. The highest BCUT2D eigenvalue weighted by atomic mass is 32.2. The number of piperidine rings is 1. The Morgan fingerprint density at radius 3 is 2.70 bits per heavy atom. The van der Waals surface area contributed by atoms with Gasteiger partial charge in [0, 0.05) is 17.0 Å². The van der Waals surface area contributed by atoms with Crippen LogP contribution in [0.25, 0.3) is 0 Å². The molecule has 0 aromatic heterocycles. The molecule has 2 aromatic carbocycles. The summed E-state index contributed by atoms with van der Waals surface area (Å²) in [5.41, 5.74) is 3.31. The lowest BCUT2D eigenvalue weighted by Crippen LogP contribution is -2.45. The summed E-state index contributed by atoms with van der Waals surface area (Å²) < 4.78 is 0. The Balaban J connectivity index is 1.54. The van der Waals surface area contributed by atoms with E-state index in [0.29, 0.717) is 18.3 Å². The summed E-state index contributed by atoms with van der Waals surface area (Å²) in [5, 5.41) is 0. The third kappa shape index (κ3) is 4.79. The van der Waals surface area contributed by atoms with E-state index in [2.05, 4.69) is 30.9 Å². The van der Waals surface area contributed by atoms with Crippen molar-refractivity contribution in [2.75, 3.05) is 30.4 Å². The smallest absolute Gasteiger partial charge is 0.278 e. The first-order chi connectivity index (χ1) is 14.7. The van der Waals surface area contributed by atoms with E-state index in [1.807, 2.05) is 53.1 Å². The number of para-hydroxylation sites is 1. The van der Waals surface area contributed by atoms with E-state index in [9.17, 15) is 4.79 Å². The standard InChI is InChI=1S/C25H31N3OS/c1-3-4-16-30-21-13-11-20(12-14-21)26-24-22-9-5-6-10-23(22)28(25(24)29)18-27-15-7-8-19(2)17-27/h5-6,9-14,19H,3-4,7-8,15-18H2,1-2H3/t19-/m1/s1. The number of carbonyl (C=O) groups is 1. The average Bonchev–Trinajstić information content (AvgIpc) is 3.01. The van der Waals surface area contributed by atoms with Gasteiger partial charge in [-0.3, -0.25) is 14.6 Å². The van der Waals surface area contributed by atoms with Gasteiger partial charge in [0.15, 0.2) is 0 Å². The molecule has 2 aliphatic heterocycles. The first kappa shape index (κ1) is 21.1. The minimum absolute atomic E-state index is 0.0100. The van der Waals surface area contributed by atoms with Gasteiger partial charge in [-0.1, -0.05) is 38.5 Å². The highest BCUT2D eigenvalue weighted by Gasteiger charge is 2.35. The van der Waals surface area contributed by atoms with Crippen LogP contribution in [0.1, 0.15) is 45.1 Å². The van der Waals surface area contributed by atoms with E-state index in [-0.39, 0.29) is 5.91 Å². The molecule has 30 heavy (non-hydrogen) atoms. The number of thioether (sulfide) groups is 1. The Kier molecular flexibility index (Phi) is 6.90. The number of unbranched alkanes of at least 4 members (excludes halogenated alkanes) is 1. The van der Waals surface area contributed by atoms with Gasteiger partial charge in [0.2, 0.25) is 0 Å². The molecule has 0 bridgehead atoms. The largest absolute Gasteiger partial charge is 0.293 e. The molecular weight excluding hydrogens is 390 g/mol. The van der Waals surface area contributed by atoms with E-state index in [1.54, 1.807) is 0 Å². The maximum Gasteiger partial charge on any atom is 0.278 e. The number of hydrogen-bond donors (Lipinski definition) is 0. The lowest BCUT2D eigenvalue weighted by molar-refractivity contribution is -0.112. The molecule has 0 saturated carbocycles. The fourth-order valence-corrected chi connectivity index (χ4v) is 5.20. The molecule has 0 radical (unpaired) electrons. The minimum atomic E-state index is 0.0100. The molecule has 2 aliphatic rings. The minimum Gasteiger partial charge on any atom is -0.293 e. The van der Waals surface area contributed by atoms with Gasteiger partial charge >= 0.3 is 0 Å². The second kappa shape index (κ2) is 9.80. The van der Waals surface area contributed by atoms with Crippen molar-refractivity contribution in [3.63, 3.8) is 0 Å². The summed E-state index contributed by atoms with van der Waals surface area (Å²) >= 11 is 1.88. The van der Waals surface area contributed by atoms with Crippen molar-refractivity contribution >= 4 is 34.8 Å². The van der Waals surface area contributed by atoms with Gasteiger partial charge in [0.1, 0.15) is 5.71 Å². The van der Waals surface area contributed by atoms with Crippen LogP contribution < -0.4 is 4.90 Å². The van der Waals surface area contributed by atoms with Crippen LogP contribution in [-0.2, 0) is 4.79 Å². The highest BCUT2D eigenvalue weighted by molar-refractivity contribution is 7.99. The normalized spacial score (nSPS) is 20.7. The zero-order valence-electron chi connectivity index (χ0n) is 18.0. The summed E-state index contributed by atoms with van der Waals surface area (Å²) in [4.78, 5) is 23.7. The number of aliphatic imine (C=N–C) groups is 1. The zero-order chi connectivity index (χ0) is 20.9. The van der Waals surface area contributed by atoms with Crippen LogP contribution in [0.2, 0.25) is 0 Å². The first-order valence-electron chi connectivity index (χ1n) is 11.1. The number of nitrogens with zero attached hydrogens (tertiary/aromatic N) is 3. The third-order valence-electron chi connectivity index (χ3n) is 5.82. The number of hydrogen-bond acceptors (Lipinski definition) is 4. The number of amides is 1. The number of carbonyl (C=O) groups excluding carboxylic acids is 1. The highest BCUT2D eigenvalue weighted by Crippen LogP contribution is 2.32. The molecule has 0 N–H and O–H groups in total. The fraction of sp³-hybridized carbons (Fsp3) is 0.440. The van der Waals surface area contributed by atoms with Gasteiger partial charge in [0.05, 0.1) is 18.0 Å².